The number of likely N-dealkylation sites (N-methyl/N-ethyl adjacent to an activating group) is 1. The summed E-state index contributed by atoms with van der Waals surface area (Å²) < 4.78 is 18.5. The highest BCUT2D eigenvalue weighted by Crippen LogP contribution is 2.41. The molecule has 0 aliphatic carbocycles. The van der Waals surface area contributed by atoms with E-state index in [0.29, 0.717) is 54.3 Å². The van der Waals surface area contributed by atoms with Crippen molar-refractivity contribution in [1.82, 2.24) is 9.80 Å². The third-order valence-corrected chi connectivity index (χ3v) is 6.25. The molecule has 0 fully saturated rings. The van der Waals surface area contributed by atoms with Crippen LogP contribution in [0.4, 0.5) is 0 Å². The van der Waals surface area contributed by atoms with Gasteiger partial charge in [0.15, 0.2) is 16.9 Å². The topological polar surface area (TPSA) is 72.2 Å². The summed E-state index contributed by atoms with van der Waals surface area (Å²) >= 11 is 3.43. The van der Waals surface area contributed by atoms with E-state index in [4.69, 9.17) is 13.9 Å². The zero-order chi connectivity index (χ0) is 24.4. The van der Waals surface area contributed by atoms with Crippen LogP contribution in [0, 0.1) is 0 Å². The quantitative estimate of drug-likeness (QED) is 0.395. The van der Waals surface area contributed by atoms with E-state index in [2.05, 4.69) is 15.9 Å². The Hall–Kier alpha value is -2.84. The minimum absolute atomic E-state index is 0.104. The molecule has 0 saturated carbocycles. The van der Waals surface area contributed by atoms with Gasteiger partial charge in [-0.1, -0.05) is 28.9 Å². The van der Waals surface area contributed by atoms with Crippen molar-refractivity contribution in [3.8, 4) is 11.5 Å². The molecule has 4 rings (SSSR count). The van der Waals surface area contributed by atoms with Gasteiger partial charge in [-0.2, -0.15) is 0 Å². The molecule has 1 amide bonds. The van der Waals surface area contributed by atoms with Crippen LogP contribution in [0.25, 0.3) is 11.0 Å². The molecule has 1 aliphatic rings. The van der Waals surface area contributed by atoms with E-state index < -0.39 is 6.04 Å². The molecule has 2 heterocycles. The molecule has 2 aromatic carbocycles. The third kappa shape index (κ3) is 4.57. The van der Waals surface area contributed by atoms with Gasteiger partial charge in [0.25, 0.3) is 5.91 Å². The number of fused-ring (bicyclic) bond motifs is 2. The van der Waals surface area contributed by atoms with Gasteiger partial charge in [0, 0.05) is 17.6 Å². The van der Waals surface area contributed by atoms with E-state index in [1.807, 2.05) is 51.0 Å². The maximum absolute atomic E-state index is 13.7. The number of rotatable bonds is 9. The number of halogens is 1. The fraction of sp³-hybridized carbons (Fsp3) is 0.385. The Bertz CT molecular complexity index is 1270. The minimum Gasteiger partial charge on any atom is -0.490 e. The minimum atomic E-state index is -0.582. The van der Waals surface area contributed by atoms with Crippen molar-refractivity contribution in [2.24, 2.45) is 0 Å². The summed E-state index contributed by atoms with van der Waals surface area (Å²) in [7, 11) is 3.90. The molecule has 180 valence electrons. The lowest BCUT2D eigenvalue weighted by molar-refractivity contribution is 0.0716. The number of hydrogen-bond donors (Lipinski definition) is 0. The number of ether oxygens (including phenoxy) is 2. The summed E-state index contributed by atoms with van der Waals surface area (Å²) in [5.41, 5.74) is 1.33. The summed E-state index contributed by atoms with van der Waals surface area (Å²) in [5, 5.41) is 0.438. The van der Waals surface area contributed by atoms with Crippen LogP contribution in [0.2, 0.25) is 0 Å². The van der Waals surface area contributed by atoms with Crippen molar-refractivity contribution in [2.75, 3.05) is 40.4 Å². The highest BCUT2D eigenvalue weighted by molar-refractivity contribution is 9.10. The number of benzene rings is 2. The lowest BCUT2D eigenvalue weighted by Crippen LogP contribution is -2.35. The van der Waals surface area contributed by atoms with Gasteiger partial charge < -0.3 is 23.7 Å². The number of carbonyl (C=O) groups is 1. The molecule has 8 heteroatoms. The van der Waals surface area contributed by atoms with E-state index in [9.17, 15) is 9.59 Å². The van der Waals surface area contributed by atoms with Crippen molar-refractivity contribution in [2.45, 2.75) is 26.3 Å². The van der Waals surface area contributed by atoms with Crippen LogP contribution in [0.15, 0.2) is 50.1 Å². The highest BCUT2D eigenvalue weighted by atomic mass is 79.9. The van der Waals surface area contributed by atoms with Crippen molar-refractivity contribution < 1.29 is 18.7 Å². The molecule has 7 nitrogen and oxygen atoms in total. The van der Waals surface area contributed by atoms with Gasteiger partial charge in [0.05, 0.1) is 30.2 Å². The molecule has 1 atom stereocenters. The first-order valence-electron chi connectivity index (χ1n) is 11.5. The van der Waals surface area contributed by atoms with E-state index >= 15 is 0 Å². The van der Waals surface area contributed by atoms with Crippen LogP contribution >= 0.6 is 15.9 Å². The summed E-state index contributed by atoms with van der Waals surface area (Å²) in [4.78, 5) is 30.9. The lowest BCUT2D eigenvalue weighted by Gasteiger charge is -2.27. The second-order valence-corrected chi connectivity index (χ2v) is 9.42. The summed E-state index contributed by atoms with van der Waals surface area (Å²) in [6.07, 6.45) is 0.875. The van der Waals surface area contributed by atoms with E-state index in [1.54, 1.807) is 23.1 Å². The van der Waals surface area contributed by atoms with Gasteiger partial charge in [-0.05, 0) is 63.3 Å². The maximum Gasteiger partial charge on any atom is 0.290 e. The molecule has 0 N–H and O–H groups in total. The molecule has 0 saturated heterocycles. The molecule has 1 aromatic heterocycles. The predicted octanol–water partition coefficient (Wildman–Crippen LogP) is 4.85. The molecule has 0 radical (unpaired) electrons. The summed E-state index contributed by atoms with van der Waals surface area (Å²) in [5.74, 6) is 1.06. The van der Waals surface area contributed by atoms with E-state index in [1.165, 1.54) is 0 Å². The van der Waals surface area contributed by atoms with Crippen LogP contribution in [0.3, 0.4) is 0 Å². The zero-order valence-corrected chi connectivity index (χ0v) is 21.5. The second-order valence-electron chi connectivity index (χ2n) is 8.51. The molecule has 34 heavy (non-hydrogen) atoms. The SMILES string of the molecule is CCCOc1ccc(C2c3c(oc4ccc(Br)cc4c3=O)C(=O)N2CCN(C)C)cc1OCC. The molecular formula is C26H29BrN2O5. The third-order valence-electron chi connectivity index (χ3n) is 5.76. The van der Waals surface area contributed by atoms with Crippen LogP contribution in [0.5, 0.6) is 11.5 Å². The Morgan fingerprint density at radius 1 is 1.06 bits per heavy atom. The van der Waals surface area contributed by atoms with Crippen molar-refractivity contribution in [3.63, 3.8) is 0 Å². The fourth-order valence-electron chi connectivity index (χ4n) is 4.17. The van der Waals surface area contributed by atoms with Gasteiger partial charge >= 0.3 is 0 Å². The van der Waals surface area contributed by atoms with Crippen LogP contribution in [0.1, 0.15) is 48.0 Å². The second kappa shape index (κ2) is 10.2. The Kier molecular flexibility index (Phi) is 7.28. The van der Waals surface area contributed by atoms with Gasteiger partial charge in [-0.3, -0.25) is 9.59 Å². The number of hydrogen-bond acceptors (Lipinski definition) is 6. The molecule has 1 unspecified atom stereocenters. The van der Waals surface area contributed by atoms with Gasteiger partial charge in [-0.15, -0.1) is 0 Å². The standard InChI is InChI=1S/C26H29BrN2O5/c1-5-13-33-20-9-7-16(14-21(20)32-6-2)23-22-24(30)18-15-17(27)8-10-19(18)34-25(22)26(31)29(23)12-11-28(3)4/h7-10,14-15,23H,5-6,11-13H2,1-4H3. The Labute approximate surface area is 207 Å². The number of amides is 1. The average molecular weight is 529 g/mol. The highest BCUT2D eigenvalue weighted by Gasteiger charge is 2.42. The maximum atomic E-state index is 13.7. The predicted molar refractivity (Wildman–Crippen MR) is 135 cm³/mol. The van der Waals surface area contributed by atoms with Crippen molar-refractivity contribution in [1.29, 1.82) is 0 Å². The molecular weight excluding hydrogens is 500 g/mol. The molecule has 1 aliphatic heterocycles. The average Bonchev–Trinajstić information content (AvgIpc) is 3.09. The summed E-state index contributed by atoms with van der Waals surface area (Å²) in [6.45, 7) is 6.08. The van der Waals surface area contributed by atoms with Gasteiger partial charge in [0.1, 0.15) is 5.58 Å². The van der Waals surface area contributed by atoms with Crippen molar-refractivity contribution >= 4 is 32.8 Å². The normalized spacial score (nSPS) is 15.3. The monoisotopic (exact) mass is 528 g/mol. The molecule has 0 spiro atoms. The molecule has 3 aromatic rings. The zero-order valence-electron chi connectivity index (χ0n) is 19.9. The number of carbonyl (C=O) groups excluding carboxylic acids is 1. The van der Waals surface area contributed by atoms with Crippen LogP contribution in [-0.4, -0.2) is 56.1 Å². The van der Waals surface area contributed by atoms with Crippen LogP contribution in [-0.2, 0) is 0 Å². The first kappa shape index (κ1) is 24.3. The lowest BCUT2D eigenvalue weighted by atomic mass is 9.98. The Morgan fingerprint density at radius 2 is 1.85 bits per heavy atom. The van der Waals surface area contributed by atoms with Gasteiger partial charge in [0.2, 0.25) is 5.76 Å². The Balaban J connectivity index is 1.89. The van der Waals surface area contributed by atoms with Gasteiger partial charge in [-0.25, -0.2) is 0 Å². The first-order valence-corrected chi connectivity index (χ1v) is 12.3. The number of nitrogens with zero attached hydrogens (tertiary/aromatic N) is 2. The Morgan fingerprint density at radius 3 is 2.56 bits per heavy atom. The first-order chi connectivity index (χ1) is 16.3. The fourth-order valence-corrected chi connectivity index (χ4v) is 4.53. The molecule has 0 bridgehead atoms. The summed E-state index contributed by atoms with van der Waals surface area (Å²) in [6, 6.07) is 10.3. The van der Waals surface area contributed by atoms with E-state index in [0.717, 1.165) is 16.5 Å². The smallest absolute Gasteiger partial charge is 0.290 e. The largest absolute Gasteiger partial charge is 0.490 e. The van der Waals surface area contributed by atoms with E-state index in [-0.39, 0.29) is 17.1 Å². The van der Waals surface area contributed by atoms with Crippen molar-refractivity contribution in [3.05, 3.63) is 68.0 Å². The van der Waals surface area contributed by atoms with Crippen LogP contribution < -0.4 is 14.9 Å².